The lowest BCUT2D eigenvalue weighted by Gasteiger charge is -2.14. The van der Waals surface area contributed by atoms with Crippen molar-refractivity contribution < 1.29 is 14.3 Å². The van der Waals surface area contributed by atoms with E-state index in [2.05, 4.69) is 24.5 Å². The number of carbonyl (C=O) groups is 1. The molecule has 0 fully saturated rings. The summed E-state index contributed by atoms with van der Waals surface area (Å²) in [7, 11) is 0. The van der Waals surface area contributed by atoms with E-state index in [4.69, 9.17) is 9.47 Å². The van der Waals surface area contributed by atoms with Crippen LogP contribution in [0.3, 0.4) is 0 Å². The van der Waals surface area contributed by atoms with Gasteiger partial charge < -0.3 is 20.1 Å². The maximum atomic E-state index is 12.3. The Bertz CT molecular complexity index is 701. The highest BCUT2D eigenvalue weighted by Crippen LogP contribution is 2.23. The van der Waals surface area contributed by atoms with Gasteiger partial charge in [0, 0.05) is 24.0 Å². The molecule has 26 heavy (non-hydrogen) atoms. The first-order valence-electron chi connectivity index (χ1n) is 9.03. The molecule has 5 heteroatoms. The molecule has 0 atom stereocenters. The van der Waals surface area contributed by atoms with Gasteiger partial charge in [-0.25, -0.2) is 0 Å². The maximum absolute atomic E-state index is 12.3. The van der Waals surface area contributed by atoms with Gasteiger partial charge in [0.15, 0.2) is 0 Å². The number of ether oxygens (including phenoxy) is 2. The Balaban J connectivity index is 1.86. The summed E-state index contributed by atoms with van der Waals surface area (Å²) in [4.78, 5) is 12.3. The third-order valence-corrected chi connectivity index (χ3v) is 3.84. The molecule has 0 heterocycles. The van der Waals surface area contributed by atoms with Crippen LogP contribution in [0, 0.1) is 0 Å². The van der Waals surface area contributed by atoms with E-state index in [1.807, 2.05) is 55.5 Å². The second-order valence-corrected chi connectivity index (χ2v) is 6.22. The highest BCUT2D eigenvalue weighted by molar-refractivity contribution is 5.94. The molecular weight excluding hydrogens is 328 g/mol. The fourth-order valence-electron chi connectivity index (χ4n) is 2.55. The predicted octanol–water partition coefficient (Wildman–Crippen LogP) is 4.28. The molecule has 2 rings (SSSR count). The molecule has 0 bridgehead atoms. The Morgan fingerprint density at radius 2 is 1.88 bits per heavy atom. The number of benzene rings is 2. The van der Waals surface area contributed by atoms with E-state index in [0.717, 1.165) is 22.7 Å². The van der Waals surface area contributed by atoms with E-state index >= 15 is 0 Å². The molecule has 2 aromatic rings. The zero-order valence-electron chi connectivity index (χ0n) is 15.7. The van der Waals surface area contributed by atoms with E-state index in [-0.39, 0.29) is 12.5 Å². The SMILES string of the molecule is CCOCCOc1cccc(NCC(=O)Nc2ccccc2C(C)C)c1. The van der Waals surface area contributed by atoms with E-state index in [1.54, 1.807) is 0 Å². The molecule has 140 valence electrons. The minimum absolute atomic E-state index is 0.0826. The van der Waals surface area contributed by atoms with Crippen LogP contribution in [0.25, 0.3) is 0 Å². The molecule has 0 saturated carbocycles. The summed E-state index contributed by atoms with van der Waals surface area (Å²) < 4.78 is 10.9. The van der Waals surface area contributed by atoms with Crippen LogP contribution in [0.1, 0.15) is 32.3 Å². The lowest BCUT2D eigenvalue weighted by Crippen LogP contribution is -2.22. The van der Waals surface area contributed by atoms with Crippen molar-refractivity contribution in [3.63, 3.8) is 0 Å². The fraction of sp³-hybridized carbons (Fsp3) is 0.381. The van der Waals surface area contributed by atoms with Crippen LogP contribution in [0.4, 0.5) is 11.4 Å². The van der Waals surface area contributed by atoms with E-state index in [0.29, 0.717) is 25.7 Å². The van der Waals surface area contributed by atoms with E-state index in [9.17, 15) is 4.79 Å². The highest BCUT2D eigenvalue weighted by Gasteiger charge is 2.09. The third-order valence-electron chi connectivity index (χ3n) is 3.84. The standard InChI is InChI=1S/C21H28N2O3/c1-4-25-12-13-26-18-9-7-8-17(14-18)22-15-21(24)23-20-11-6-5-10-19(20)16(2)3/h5-11,14,16,22H,4,12-13,15H2,1-3H3,(H,23,24). The Hall–Kier alpha value is -2.53. The number of hydrogen-bond acceptors (Lipinski definition) is 4. The zero-order valence-corrected chi connectivity index (χ0v) is 15.7. The molecule has 0 aromatic heterocycles. The molecule has 0 aliphatic carbocycles. The number of carbonyl (C=O) groups excluding carboxylic acids is 1. The van der Waals surface area contributed by atoms with Crippen molar-refractivity contribution in [2.75, 3.05) is 37.0 Å². The van der Waals surface area contributed by atoms with Gasteiger partial charge in [0.25, 0.3) is 0 Å². The van der Waals surface area contributed by atoms with Crippen molar-refractivity contribution in [2.45, 2.75) is 26.7 Å². The minimum atomic E-state index is -0.0826. The molecule has 2 N–H and O–H groups in total. The first-order valence-corrected chi connectivity index (χ1v) is 9.03. The molecule has 1 amide bonds. The summed E-state index contributed by atoms with van der Waals surface area (Å²) in [6.45, 7) is 8.11. The van der Waals surface area contributed by atoms with Gasteiger partial charge in [-0.2, -0.15) is 0 Å². The lowest BCUT2D eigenvalue weighted by molar-refractivity contribution is -0.114. The second-order valence-electron chi connectivity index (χ2n) is 6.22. The summed E-state index contributed by atoms with van der Waals surface area (Å²) in [5.41, 5.74) is 2.83. The number of rotatable bonds is 10. The summed E-state index contributed by atoms with van der Waals surface area (Å²) >= 11 is 0. The number of anilines is 2. The summed E-state index contributed by atoms with van der Waals surface area (Å²) in [5, 5.41) is 6.11. The maximum Gasteiger partial charge on any atom is 0.243 e. The van der Waals surface area contributed by atoms with Crippen molar-refractivity contribution >= 4 is 17.3 Å². The summed E-state index contributed by atoms with van der Waals surface area (Å²) in [5.74, 6) is 1.02. The largest absolute Gasteiger partial charge is 0.491 e. The third kappa shape index (κ3) is 6.41. The van der Waals surface area contributed by atoms with Gasteiger partial charge in [-0.1, -0.05) is 38.1 Å². The molecule has 0 spiro atoms. The normalized spacial score (nSPS) is 10.6. The van der Waals surface area contributed by atoms with Crippen molar-refractivity contribution in [3.8, 4) is 5.75 Å². The molecular formula is C21H28N2O3. The zero-order chi connectivity index (χ0) is 18.8. The number of para-hydroxylation sites is 1. The lowest BCUT2D eigenvalue weighted by atomic mass is 10.0. The van der Waals surface area contributed by atoms with Gasteiger partial charge in [-0.05, 0) is 36.6 Å². The number of nitrogens with one attached hydrogen (secondary N) is 2. The predicted molar refractivity (Wildman–Crippen MR) is 106 cm³/mol. The van der Waals surface area contributed by atoms with Crippen LogP contribution in [0.2, 0.25) is 0 Å². The number of hydrogen-bond donors (Lipinski definition) is 2. The van der Waals surface area contributed by atoms with E-state index in [1.165, 1.54) is 0 Å². The van der Waals surface area contributed by atoms with Crippen LogP contribution in [0.5, 0.6) is 5.75 Å². The van der Waals surface area contributed by atoms with Crippen LogP contribution >= 0.6 is 0 Å². The summed E-state index contributed by atoms with van der Waals surface area (Å²) in [6.07, 6.45) is 0. The van der Waals surface area contributed by atoms with Gasteiger partial charge in [-0.15, -0.1) is 0 Å². The molecule has 5 nitrogen and oxygen atoms in total. The molecule has 0 aliphatic rings. The molecule has 0 unspecified atom stereocenters. The van der Waals surface area contributed by atoms with Crippen molar-refractivity contribution in [2.24, 2.45) is 0 Å². The smallest absolute Gasteiger partial charge is 0.243 e. The van der Waals surface area contributed by atoms with Gasteiger partial charge >= 0.3 is 0 Å². The fourth-order valence-corrected chi connectivity index (χ4v) is 2.55. The van der Waals surface area contributed by atoms with Crippen LogP contribution in [-0.4, -0.2) is 32.3 Å². The second kappa shape index (κ2) is 10.5. The number of amides is 1. The Morgan fingerprint density at radius 3 is 2.65 bits per heavy atom. The van der Waals surface area contributed by atoms with Crippen molar-refractivity contribution in [3.05, 3.63) is 54.1 Å². The Kier molecular flexibility index (Phi) is 7.96. The highest BCUT2D eigenvalue weighted by atomic mass is 16.5. The monoisotopic (exact) mass is 356 g/mol. The minimum Gasteiger partial charge on any atom is -0.491 e. The Labute approximate surface area is 155 Å². The first kappa shape index (κ1) is 19.8. The topological polar surface area (TPSA) is 59.6 Å². The van der Waals surface area contributed by atoms with Crippen molar-refractivity contribution in [1.29, 1.82) is 0 Å². The average Bonchev–Trinajstić information content (AvgIpc) is 2.64. The van der Waals surface area contributed by atoms with E-state index < -0.39 is 0 Å². The van der Waals surface area contributed by atoms with Gasteiger partial charge in [0.05, 0.1) is 13.2 Å². The Morgan fingerprint density at radius 1 is 1.08 bits per heavy atom. The quantitative estimate of drug-likeness (QED) is 0.624. The molecule has 0 radical (unpaired) electrons. The average molecular weight is 356 g/mol. The molecule has 0 saturated heterocycles. The van der Waals surface area contributed by atoms with Crippen LogP contribution in [-0.2, 0) is 9.53 Å². The molecule has 0 aliphatic heterocycles. The van der Waals surface area contributed by atoms with Crippen LogP contribution in [0.15, 0.2) is 48.5 Å². The van der Waals surface area contributed by atoms with Gasteiger partial charge in [0.2, 0.25) is 5.91 Å². The first-order chi connectivity index (χ1) is 12.6. The summed E-state index contributed by atoms with van der Waals surface area (Å²) in [6, 6.07) is 15.4. The van der Waals surface area contributed by atoms with Crippen LogP contribution < -0.4 is 15.4 Å². The van der Waals surface area contributed by atoms with Crippen molar-refractivity contribution in [1.82, 2.24) is 0 Å². The molecule has 2 aromatic carbocycles. The van der Waals surface area contributed by atoms with Gasteiger partial charge in [0.1, 0.15) is 12.4 Å². The van der Waals surface area contributed by atoms with Gasteiger partial charge in [-0.3, -0.25) is 4.79 Å².